The van der Waals surface area contributed by atoms with E-state index in [1.807, 2.05) is 12.3 Å². The van der Waals surface area contributed by atoms with Crippen molar-refractivity contribution >= 4 is 23.4 Å². The Kier molecular flexibility index (Phi) is 4.69. The van der Waals surface area contributed by atoms with Gasteiger partial charge in [0.05, 0.1) is 0 Å². The number of anilines is 2. The van der Waals surface area contributed by atoms with Gasteiger partial charge in [-0.2, -0.15) is 0 Å². The van der Waals surface area contributed by atoms with E-state index >= 15 is 0 Å². The molecule has 1 fully saturated rings. The van der Waals surface area contributed by atoms with Gasteiger partial charge in [0.25, 0.3) is 0 Å². The van der Waals surface area contributed by atoms with Crippen molar-refractivity contribution in [3.8, 4) is 0 Å². The highest BCUT2D eigenvalue weighted by Crippen LogP contribution is 2.27. The van der Waals surface area contributed by atoms with Crippen LogP contribution in [0.3, 0.4) is 0 Å². The standard InChI is InChI=1S/C13H22N4S/c1-3-17(10-7-5-4-6-8-10)12-9-11(14)15-13(16-12)18-2/h9-10H,3-8H2,1-2H3,(H2,14,15,16). The maximum Gasteiger partial charge on any atom is 0.191 e. The first-order valence-corrected chi connectivity index (χ1v) is 7.92. The number of rotatable bonds is 4. The Balaban J connectivity index is 2.22. The summed E-state index contributed by atoms with van der Waals surface area (Å²) < 4.78 is 0. The zero-order valence-corrected chi connectivity index (χ0v) is 12.0. The van der Waals surface area contributed by atoms with Crippen LogP contribution in [0.5, 0.6) is 0 Å². The van der Waals surface area contributed by atoms with Crippen molar-refractivity contribution in [2.45, 2.75) is 50.2 Å². The Morgan fingerprint density at radius 1 is 1.33 bits per heavy atom. The summed E-state index contributed by atoms with van der Waals surface area (Å²) in [6.07, 6.45) is 8.55. The van der Waals surface area contributed by atoms with Gasteiger partial charge >= 0.3 is 0 Å². The van der Waals surface area contributed by atoms with Crippen LogP contribution in [-0.2, 0) is 0 Å². The molecule has 18 heavy (non-hydrogen) atoms. The molecule has 0 spiro atoms. The second-order valence-corrected chi connectivity index (χ2v) is 5.49. The van der Waals surface area contributed by atoms with Gasteiger partial charge in [-0.3, -0.25) is 0 Å². The molecule has 0 radical (unpaired) electrons. The van der Waals surface area contributed by atoms with Crippen LogP contribution >= 0.6 is 11.8 Å². The number of hydrogen-bond donors (Lipinski definition) is 1. The van der Waals surface area contributed by atoms with Crippen molar-refractivity contribution < 1.29 is 0 Å². The maximum atomic E-state index is 5.87. The lowest BCUT2D eigenvalue weighted by molar-refractivity contribution is 0.416. The Labute approximate surface area is 113 Å². The summed E-state index contributed by atoms with van der Waals surface area (Å²) in [5, 5.41) is 0.763. The molecule has 1 aliphatic carbocycles. The Morgan fingerprint density at radius 3 is 2.67 bits per heavy atom. The van der Waals surface area contributed by atoms with Crippen molar-refractivity contribution in [1.29, 1.82) is 0 Å². The van der Waals surface area contributed by atoms with Crippen molar-refractivity contribution in [3.63, 3.8) is 0 Å². The lowest BCUT2D eigenvalue weighted by atomic mass is 9.94. The highest BCUT2D eigenvalue weighted by Gasteiger charge is 2.21. The maximum absolute atomic E-state index is 5.87. The predicted molar refractivity (Wildman–Crippen MR) is 78.1 cm³/mol. The van der Waals surface area contributed by atoms with Crippen molar-refractivity contribution in [3.05, 3.63) is 6.07 Å². The molecule has 0 saturated heterocycles. The lowest BCUT2D eigenvalue weighted by Gasteiger charge is -2.34. The quantitative estimate of drug-likeness (QED) is 0.671. The van der Waals surface area contributed by atoms with Crippen LogP contribution in [0.15, 0.2) is 11.2 Å². The van der Waals surface area contributed by atoms with E-state index in [-0.39, 0.29) is 0 Å². The van der Waals surface area contributed by atoms with E-state index in [0.29, 0.717) is 11.9 Å². The lowest BCUT2D eigenvalue weighted by Crippen LogP contribution is -2.37. The van der Waals surface area contributed by atoms with Gasteiger partial charge in [-0.1, -0.05) is 31.0 Å². The van der Waals surface area contributed by atoms with Crippen LogP contribution in [0.1, 0.15) is 39.0 Å². The molecule has 1 aromatic heterocycles. The van der Waals surface area contributed by atoms with Crippen molar-refractivity contribution in [2.75, 3.05) is 23.4 Å². The molecule has 100 valence electrons. The van der Waals surface area contributed by atoms with Crippen LogP contribution in [0.2, 0.25) is 0 Å². The minimum Gasteiger partial charge on any atom is -0.383 e. The van der Waals surface area contributed by atoms with Gasteiger partial charge in [0, 0.05) is 18.7 Å². The molecule has 2 rings (SSSR count). The molecule has 0 bridgehead atoms. The van der Waals surface area contributed by atoms with Gasteiger partial charge in [0.15, 0.2) is 5.16 Å². The molecular formula is C13H22N4S. The molecule has 5 heteroatoms. The minimum atomic E-state index is 0.568. The number of aromatic nitrogens is 2. The van der Waals surface area contributed by atoms with Gasteiger partial charge in [-0.25, -0.2) is 9.97 Å². The minimum absolute atomic E-state index is 0.568. The molecule has 1 aromatic rings. The summed E-state index contributed by atoms with van der Waals surface area (Å²) in [5.41, 5.74) is 5.87. The molecule has 4 nitrogen and oxygen atoms in total. The van der Waals surface area contributed by atoms with E-state index in [1.165, 1.54) is 32.1 Å². The predicted octanol–water partition coefficient (Wildman–Crippen LogP) is 2.94. The highest BCUT2D eigenvalue weighted by molar-refractivity contribution is 7.98. The summed E-state index contributed by atoms with van der Waals surface area (Å²) in [4.78, 5) is 11.2. The van der Waals surface area contributed by atoms with E-state index in [0.717, 1.165) is 17.5 Å². The van der Waals surface area contributed by atoms with Crippen molar-refractivity contribution in [2.24, 2.45) is 0 Å². The van der Waals surface area contributed by atoms with Crippen LogP contribution in [-0.4, -0.2) is 28.8 Å². The summed E-state index contributed by atoms with van der Waals surface area (Å²) >= 11 is 1.54. The topological polar surface area (TPSA) is 55.0 Å². The number of nitrogens with two attached hydrogens (primary N) is 1. The van der Waals surface area contributed by atoms with Crippen LogP contribution in [0.4, 0.5) is 11.6 Å². The molecule has 2 N–H and O–H groups in total. The molecule has 0 aliphatic heterocycles. The fourth-order valence-corrected chi connectivity index (χ4v) is 3.05. The molecule has 1 saturated carbocycles. The first-order valence-electron chi connectivity index (χ1n) is 6.69. The van der Waals surface area contributed by atoms with E-state index in [9.17, 15) is 0 Å². The van der Waals surface area contributed by atoms with Gasteiger partial charge in [-0.15, -0.1) is 0 Å². The molecule has 0 aromatic carbocycles. The van der Waals surface area contributed by atoms with Crippen LogP contribution < -0.4 is 10.6 Å². The molecule has 0 unspecified atom stereocenters. The Hall–Kier alpha value is -0.970. The summed E-state index contributed by atoms with van der Waals surface area (Å²) in [7, 11) is 0. The monoisotopic (exact) mass is 266 g/mol. The second-order valence-electron chi connectivity index (χ2n) is 4.72. The molecule has 0 atom stereocenters. The zero-order chi connectivity index (χ0) is 13.0. The summed E-state index contributed by atoms with van der Waals surface area (Å²) in [6.45, 7) is 3.17. The fourth-order valence-electron chi connectivity index (χ4n) is 2.67. The smallest absolute Gasteiger partial charge is 0.191 e. The van der Waals surface area contributed by atoms with Gasteiger partial charge in [0.2, 0.25) is 0 Å². The Bertz CT molecular complexity index is 391. The average molecular weight is 266 g/mol. The normalized spacial score (nSPS) is 16.8. The zero-order valence-electron chi connectivity index (χ0n) is 11.2. The average Bonchev–Trinajstić information content (AvgIpc) is 2.40. The number of nitrogens with zero attached hydrogens (tertiary/aromatic N) is 3. The van der Waals surface area contributed by atoms with Crippen LogP contribution in [0, 0.1) is 0 Å². The van der Waals surface area contributed by atoms with Gasteiger partial charge in [-0.05, 0) is 26.0 Å². The number of nitrogen functional groups attached to an aromatic ring is 1. The first-order chi connectivity index (χ1) is 8.74. The fraction of sp³-hybridized carbons (Fsp3) is 0.692. The molecular weight excluding hydrogens is 244 g/mol. The van der Waals surface area contributed by atoms with Crippen molar-refractivity contribution in [1.82, 2.24) is 9.97 Å². The second kappa shape index (κ2) is 6.27. The van der Waals surface area contributed by atoms with Gasteiger partial charge < -0.3 is 10.6 Å². The van der Waals surface area contributed by atoms with E-state index in [1.54, 1.807) is 11.8 Å². The third-order valence-corrected chi connectivity index (χ3v) is 4.09. The Morgan fingerprint density at radius 2 is 2.06 bits per heavy atom. The third-order valence-electron chi connectivity index (χ3n) is 3.54. The molecule has 1 heterocycles. The SMILES string of the molecule is CCN(c1cc(N)nc(SC)n1)C1CCCCC1. The number of hydrogen-bond acceptors (Lipinski definition) is 5. The number of thioether (sulfide) groups is 1. The molecule has 0 amide bonds. The first kappa shape index (κ1) is 13.5. The largest absolute Gasteiger partial charge is 0.383 e. The summed E-state index contributed by atoms with van der Waals surface area (Å²) in [6, 6.07) is 2.52. The summed E-state index contributed by atoms with van der Waals surface area (Å²) in [5.74, 6) is 1.56. The van der Waals surface area contributed by atoms with Gasteiger partial charge in [0.1, 0.15) is 11.6 Å². The van der Waals surface area contributed by atoms with Crippen LogP contribution in [0.25, 0.3) is 0 Å². The van der Waals surface area contributed by atoms with E-state index < -0.39 is 0 Å². The van der Waals surface area contributed by atoms with E-state index in [2.05, 4.69) is 21.8 Å². The van der Waals surface area contributed by atoms with E-state index in [4.69, 9.17) is 5.73 Å². The highest BCUT2D eigenvalue weighted by atomic mass is 32.2. The third kappa shape index (κ3) is 3.07. The molecule has 1 aliphatic rings.